The lowest BCUT2D eigenvalue weighted by Gasteiger charge is -2.13. The Kier molecular flexibility index (Phi) is 4.20. The van der Waals surface area contributed by atoms with Gasteiger partial charge in [-0.1, -0.05) is 28.1 Å². The maximum Gasteiger partial charge on any atom is 0.374 e. The predicted molar refractivity (Wildman–Crippen MR) is 54.7 cm³/mol. The molecule has 0 N–H and O–H groups in total. The molecule has 15 heavy (non-hydrogen) atoms. The summed E-state index contributed by atoms with van der Waals surface area (Å²) < 4.78 is 29.2. The minimum atomic E-state index is -3.08. The maximum atomic E-state index is 11.9. The van der Waals surface area contributed by atoms with Crippen molar-refractivity contribution < 1.29 is 18.3 Å². The Labute approximate surface area is 94.4 Å². The van der Waals surface area contributed by atoms with Crippen LogP contribution in [0.5, 0.6) is 0 Å². The van der Waals surface area contributed by atoms with E-state index in [1.54, 1.807) is 31.2 Å². The maximum absolute atomic E-state index is 11.9. The normalized spacial score (nSPS) is 12.6. The lowest BCUT2D eigenvalue weighted by molar-refractivity contribution is -0.161. The summed E-state index contributed by atoms with van der Waals surface area (Å²) in [5.74, 6) is -1.49. The Morgan fingerprint density at radius 1 is 1.33 bits per heavy atom. The lowest BCUT2D eigenvalue weighted by atomic mass is 10.1. The lowest BCUT2D eigenvalue weighted by Crippen LogP contribution is -2.16. The molecule has 0 aliphatic carbocycles. The van der Waals surface area contributed by atoms with Gasteiger partial charge in [-0.15, -0.1) is 0 Å². The van der Waals surface area contributed by atoms with Gasteiger partial charge in [0.15, 0.2) is 0 Å². The molecule has 0 spiro atoms. The van der Waals surface area contributed by atoms with Gasteiger partial charge in [-0.25, -0.2) is 4.79 Å². The number of carbonyl (C=O) groups is 1. The first-order valence-electron chi connectivity index (χ1n) is 4.25. The number of rotatable bonds is 3. The molecule has 1 atom stereocenters. The number of ether oxygens (including phenoxy) is 1. The summed E-state index contributed by atoms with van der Waals surface area (Å²) in [5, 5.41) is 0. The molecule has 0 saturated carbocycles. The van der Waals surface area contributed by atoms with Crippen molar-refractivity contribution in [2.45, 2.75) is 19.5 Å². The number of hydrogen-bond donors (Lipinski definition) is 0. The van der Waals surface area contributed by atoms with Gasteiger partial charge in [-0.2, -0.15) is 8.78 Å². The zero-order chi connectivity index (χ0) is 11.4. The summed E-state index contributed by atoms with van der Waals surface area (Å²) in [7, 11) is 0. The Hall–Kier alpha value is -0.970. The quantitative estimate of drug-likeness (QED) is 0.793. The van der Waals surface area contributed by atoms with Crippen molar-refractivity contribution in [3.63, 3.8) is 0 Å². The molecular weight excluding hydrogens is 270 g/mol. The minimum Gasteiger partial charge on any atom is -0.454 e. The number of halogens is 3. The second-order valence-corrected chi connectivity index (χ2v) is 3.85. The van der Waals surface area contributed by atoms with E-state index in [-0.39, 0.29) is 0 Å². The van der Waals surface area contributed by atoms with Gasteiger partial charge in [-0.05, 0) is 24.6 Å². The highest BCUT2D eigenvalue weighted by molar-refractivity contribution is 9.10. The van der Waals surface area contributed by atoms with E-state index in [1.165, 1.54) is 0 Å². The predicted octanol–water partition coefficient (Wildman–Crippen LogP) is 3.32. The van der Waals surface area contributed by atoms with Crippen LogP contribution in [-0.4, -0.2) is 12.4 Å². The average Bonchev–Trinajstić information content (AvgIpc) is 2.18. The van der Waals surface area contributed by atoms with Gasteiger partial charge >= 0.3 is 12.4 Å². The molecule has 0 amide bonds. The number of carbonyl (C=O) groups excluding carboxylic acids is 1. The number of benzene rings is 1. The van der Waals surface area contributed by atoms with Crippen molar-refractivity contribution in [1.29, 1.82) is 0 Å². The summed E-state index contributed by atoms with van der Waals surface area (Å²) in [4.78, 5) is 10.6. The fraction of sp³-hybridized carbons (Fsp3) is 0.300. The van der Waals surface area contributed by atoms with Crippen LogP contribution >= 0.6 is 15.9 Å². The van der Waals surface area contributed by atoms with Crippen LogP contribution in [0.2, 0.25) is 0 Å². The van der Waals surface area contributed by atoms with E-state index in [2.05, 4.69) is 20.7 Å². The number of esters is 1. The Morgan fingerprint density at radius 2 is 1.87 bits per heavy atom. The van der Waals surface area contributed by atoms with Crippen molar-refractivity contribution >= 4 is 21.9 Å². The van der Waals surface area contributed by atoms with E-state index in [0.717, 1.165) is 4.47 Å². The average molecular weight is 279 g/mol. The summed E-state index contributed by atoms with van der Waals surface area (Å²) in [6, 6.07) is 6.91. The molecule has 82 valence electrons. The van der Waals surface area contributed by atoms with E-state index in [4.69, 9.17) is 0 Å². The highest BCUT2D eigenvalue weighted by Crippen LogP contribution is 2.20. The molecule has 0 bridgehead atoms. The Bertz CT molecular complexity index is 338. The van der Waals surface area contributed by atoms with Crippen LogP contribution in [0.15, 0.2) is 28.7 Å². The molecular formula is C10H9BrF2O2. The third-order valence-electron chi connectivity index (χ3n) is 1.81. The third-order valence-corrected chi connectivity index (χ3v) is 2.34. The van der Waals surface area contributed by atoms with Crippen LogP contribution in [0.4, 0.5) is 8.78 Å². The second kappa shape index (κ2) is 5.21. The molecule has 0 aliphatic rings. The first-order valence-corrected chi connectivity index (χ1v) is 5.04. The first kappa shape index (κ1) is 12.1. The van der Waals surface area contributed by atoms with E-state index in [9.17, 15) is 13.6 Å². The van der Waals surface area contributed by atoms with Gasteiger partial charge < -0.3 is 4.74 Å². The monoisotopic (exact) mass is 278 g/mol. The van der Waals surface area contributed by atoms with Crippen molar-refractivity contribution in [2.24, 2.45) is 0 Å². The van der Waals surface area contributed by atoms with Gasteiger partial charge in [-0.3, -0.25) is 0 Å². The van der Waals surface area contributed by atoms with Crippen LogP contribution < -0.4 is 0 Å². The Morgan fingerprint density at radius 3 is 2.33 bits per heavy atom. The summed E-state index contributed by atoms with van der Waals surface area (Å²) in [6.07, 6.45) is -3.75. The molecule has 1 aromatic rings. The zero-order valence-corrected chi connectivity index (χ0v) is 9.50. The summed E-state index contributed by atoms with van der Waals surface area (Å²) in [5.41, 5.74) is 0.673. The zero-order valence-electron chi connectivity index (χ0n) is 7.91. The van der Waals surface area contributed by atoms with E-state index < -0.39 is 18.5 Å². The fourth-order valence-electron chi connectivity index (χ4n) is 1.03. The minimum absolute atomic E-state index is 0.667. The smallest absolute Gasteiger partial charge is 0.374 e. The van der Waals surface area contributed by atoms with Crippen LogP contribution in [0.25, 0.3) is 0 Å². The molecule has 0 aromatic heterocycles. The van der Waals surface area contributed by atoms with Crippen LogP contribution in [0.1, 0.15) is 18.6 Å². The van der Waals surface area contributed by atoms with Gasteiger partial charge in [0.1, 0.15) is 6.10 Å². The fourth-order valence-corrected chi connectivity index (χ4v) is 1.29. The summed E-state index contributed by atoms with van der Waals surface area (Å²) >= 11 is 3.24. The van der Waals surface area contributed by atoms with E-state index in [1.807, 2.05) is 0 Å². The second-order valence-electron chi connectivity index (χ2n) is 2.93. The van der Waals surface area contributed by atoms with Crippen LogP contribution in [0.3, 0.4) is 0 Å². The molecule has 0 fully saturated rings. The molecule has 2 nitrogen and oxygen atoms in total. The standard InChI is InChI=1S/C10H9BrF2O2/c1-6(15-10(14)9(12)13)7-2-4-8(11)5-3-7/h2-6,9H,1H3. The topological polar surface area (TPSA) is 26.3 Å². The number of hydrogen-bond acceptors (Lipinski definition) is 2. The van der Waals surface area contributed by atoms with Crippen LogP contribution in [-0.2, 0) is 9.53 Å². The molecule has 1 unspecified atom stereocenters. The highest BCUT2D eigenvalue weighted by atomic mass is 79.9. The van der Waals surface area contributed by atoms with Gasteiger partial charge in [0, 0.05) is 4.47 Å². The molecule has 0 aliphatic heterocycles. The number of alkyl halides is 2. The van der Waals surface area contributed by atoms with Crippen molar-refractivity contribution in [1.82, 2.24) is 0 Å². The first-order chi connectivity index (χ1) is 7.00. The highest BCUT2D eigenvalue weighted by Gasteiger charge is 2.20. The molecule has 5 heteroatoms. The van der Waals surface area contributed by atoms with Crippen LogP contribution in [0, 0.1) is 0 Å². The molecule has 1 rings (SSSR count). The van der Waals surface area contributed by atoms with Crippen molar-refractivity contribution in [2.75, 3.05) is 0 Å². The summed E-state index contributed by atoms with van der Waals surface area (Å²) in [6.45, 7) is 1.55. The van der Waals surface area contributed by atoms with Gasteiger partial charge in [0.25, 0.3) is 0 Å². The molecule has 1 aromatic carbocycles. The van der Waals surface area contributed by atoms with Crippen molar-refractivity contribution in [3.05, 3.63) is 34.3 Å². The van der Waals surface area contributed by atoms with E-state index in [0.29, 0.717) is 5.56 Å². The van der Waals surface area contributed by atoms with Gasteiger partial charge in [0.05, 0.1) is 0 Å². The molecule has 0 heterocycles. The van der Waals surface area contributed by atoms with Crippen molar-refractivity contribution in [3.8, 4) is 0 Å². The van der Waals surface area contributed by atoms with Gasteiger partial charge in [0.2, 0.25) is 0 Å². The Balaban J connectivity index is 2.65. The largest absolute Gasteiger partial charge is 0.454 e. The third kappa shape index (κ3) is 3.58. The van der Waals surface area contributed by atoms with E-state index >= 15 is 0 Å². The SMILES string of the molecule is CC(OC(=O)C(F)F)c1ccc(Br)cc1. The molecule has 0 radical (unpaired) electrons. The molecule has 0 saturated heterocycles.